The molecule has 0 bridgehead atoms. The molecule has 27 heavy (non-hydrogen) atoms. The number of nitro groups is 1. The van der Waals surface area contributed by atoms with Gasteiger partial charge in [0.1, 0.15) is 0 Å². The molecule has 0 N–H and O–H groups in total. The number of hydrogen-bond donors (Lipinski definition) is 0. The molecule has 0 atom stereocenters. The standard InChI is InChI=1S/C20H11Br2N3O2/c21-14-5-1-12(2-6-14)19-20(13-3-7-15(22)8-4-13)24-18-11-16(25(26)27)9-10-17(18)23-19/h1-11H. The summed E-state index contributed by atoms with van der Waals surface area (Å²) in [6, 6.07) is 20.1. The van der Waals surface area contributed by atoms with Gasteiger partial charge in [-0.1, -0.05) is 56.1 Å². The lowest BCUT2D eigenvalue weighted by Gasteiger charge is -2.11. The van der Waals surface area contributed by atoms with E-state index in [4.69, 9.17) is 9.97 Å². The summed E-state index contributed by atoms with van der Waals surface area (Å²) in [6.07, 6.45) is 0. The van der Waals surface area contributed by atoms with Crippen molar-refractivity contribution in [2.45, 2.75) is 0 Å². The number of non-ortho nitro benzene ring substituents is 1. The largest absolute Gasteiger partial charge is 0.271 e. The first-order chi connectivity index (χ1) is 13.0. The van der Waals surface area contributed by atoms with Gasteiger partial charge in [0.2, 0.25) is 0 Å². The zero-order valence-electron chi connectivity index (χ0n) is 13.8. The monoisotopic (exact) mass is 483 g/mol. The van der Waals surface area contributed by atoms with Gasteiger partial charge in [0.15, 0.2) is 0 Å². The van der Waals surface area contributed by atoms with Crippen LogP contribution in [0.4, 0.5) is 5.69 Å². The summed E-state index contributed by atoms with van der Waals surface area (Å²) < 4.78 is 1.93. The van der Waals surface area contributed by atoms with Crippen LogP contribution in [-0.2, 0) is 0 Å². The van der Waals surface area contributed by atoms with Crippen LogP contribution in [0.3, 0.4) is 0 Å². The lowest BCUT2D eigenvalue weighted by molar-refractivity contribution is -0.384. The van der Waals surface area contributed by atoms with Crippen LogP contribution in [0.5, 0.6) is 0 Å². The zero-order valence-corrected chi connectivity index (χ0v) is 16.9. The molecular weight excluding hydrogens is 474 g/mol. The average molecular weight is 485 g/mol. The Labute approximate surface area is 171 Å². The summed E-state index contributed by atoms with van der Waals surface area (Å²) in [7, 11) is 0. The Morgan fingerprint density at radius 2 is 1.19 bits per heavy atom. The van der Waals surface area contributed by atoms with Crippen molar-refractivity contribution in [3.63, 3.8) is 0 Å². The molecule has 5 nitrogen and oxygen atoms in total. The van der Waals surface area contributed by atoms with E-state index in [0.29, 0.717) is 16.7 Å². The smallest absolute Gasteiger partial charge is 0.258 e. The lowest BCUT2D eigenvalue weighted by atomic mass is 10.0. The van der Waals surface area contributed by atoms with Crippen molar-refractivity contribution in [2.24, 2.45) is 0 Å². The maximum atomic E-state index is 11.1. The maximum absolute atomic E-state index is 11.1. The van der Waals surface area contributed by atoms with Crippen molar-refractivity contribution in [3.05, 3.63) is 85.8 Å². The molecule has 4 rings (SSSR count). The molecule has 0 amide bonds. The number of halogens is 2. The summed E-state index contributed by atoms with van der Waals surface area (Å²) in [5, 5.41) is 11.1. The van der Waals surface area contributed by atoms with Crippen LogP contribution < -0.4 is 0 Å². The van der Waals surface area contributed by atoms with E-state index in [1.54, 1.807) is 6.07 Å². The van der Waals surface area contributed by atoms with E-state index in [1.165, 1.54) is 12.1 Å². The zero-order chi connectivity index (χ0) is 19.0. The minimum absolute atomic E-state index is 0.00468. The van der Waals surface area contributed by atoms with Gasteiger partial charge in [0.05, 0.1) is 27.3 Å². The molecule has 3 aromatic carbocycles. The van der Waals surface area contributed by atoms with E-state index in [9.17, 15) is 10.1 Å². The van der Waals surface area contributed by atoms with Crippen LogP contribution in [0.15, 0.2) is 75.7 Å². The molecule has 1 aromatic heterocycles. The maximum Gasteiger partial charge on any atom is 0.271 e. The normalized spacial score (nSPS) is 10.9. The number of fused-ring (bicyclic) bond motifs is 1. The van der Waals surface area contributed by atoms with Crippen molar-refractivity contribution < 1.29 is 4.92 Å². The number of nitrogens with zero attached hydrogens (tertiary/aromatic N) is 3. The fourth-order valence-corrected chi connectivity index (χ4v) is 3.30. The van der Waals surface area contributed by atoms with Gasteiger partial charge in [-0.25, -0.2) is 9.97 Å². The van der Waals surface area contributed by atoms with Crippen LogP contribution in [0.2, 0.25) is 0 Å². The predicted octanol–water partition coefficient (Wildman–Crippen LogP) is 6.40. The van der Waals surface area contributed by atoms with Crippen LogP contribution >= 0.6 is 31.9 Å². The summed E-state index contributed by atoms with van der Waals surface area (Å²) in [4.78, 5) is 20.2. The molecule has 1 heterocycles. The molecule has 0 saturated carbocycles. The fourth-order valence-electron chi connectivity index (χ4n) is 2.77. The topological polar surface area (TPSA) is 68.9 Å². The van der Waals surface area contributed by atoms with E-state index in [1.807, 2.05) is 48.5 Å². The van der Waals surface area contributed by atoms with Crippen molar-refractivity contribution in [1.29, 1.82) is 0 Å². The van der Waals surface area contributed by atoms with Crippen molar-refractivity contribution >= 4 is 48.6 Å². The first-order valence-corrected chi connectivity index (χ1v) is 9.58. The molecule has 0 unspecified atom stereocenters. The van der Waals surface area contributed by atoms with Crippen LogP contribution in [0.1, 0.15) is 0 Å². The third-order valence-corrected chi connectivity index (χ3v) is 5.15. The highest BCUT2D eigenvalue weighted by Gasteiger charge is 2.15. The number of rotatable bonds is 3. The summed E-state index contributed by atoms with van der Waals surface area (Å²) in [5.74, 6) is 0. The Balaban J connectivity index is 2.00. The first-order valence-electron chi connectivity index (χ1n) is 7.99. The third-order valence-electron chi connectivity index (χ3n) is 4.09. The second-order valence-electron chi connectivity index (χ2n) is 5.86. The highest BCUT2D eigenvalue weighted by molar-refractivity contribution is 9.10. The number of aromatic nitrogens is 2. The molecule has 0 aliphatic heterocycles. The second kappa shape index (κ2) is 7.17. The van der Waals surface area contributed by atoms with Crippen LogP contribution in [0.25, 0.3) is 33.5 Å². The van der Waals surface area contributed by atoms with E-state index in [-0.39, 0.29) is 5.69 Å². The molecule has 0 fully saturated rings. The molecule has 0 spiro atoms. The van der Waals surface area contributed by atoms with Crippen LogP contribution in [-0.4, -0.2) is 14.9 Å². The molecule has 0 saturated heterocycles. The summed E-state index contributed by atoms with van der Waals surface area (Å²) >= 11 is 6.88. The van der Waals surface area contributed by atoms with Crippen molar-refractivity contribution in [1.82, 2.24) is 9.97 Å². The Morgan fingerprint density at radius 1 is 0.704 bits per heavy atom. The van der Waals surface area contributed by atoms with Crippen LogP contribution in [0, 0.1) is 10.1 Å². The minimum Gasteiger partial charge on any atom is -0.258 e. The quantitative estimate of drug-likeness (QED) is 0.249. The van der Waals surface area contributed by atoms with Crippen molar-refractivity contribution in [2.75, 3.05) is 0 Å². The molecule has 0 aliphatic rings. The molecule has 132 valence electrons. The van der Waals surface area contributed by atoms with Gasteiger partial charge in [-0.2, -0.15) is 0 Å². The average Bonchev–Trinajstić information content (AvgIpc) is 2.68. The SMILES string of the molecule is O=[N+]([O-])c1ccc2nc(-c3ccc(Br)cc3)c(-c3ccc(Br)cc3)nc2c1. The van der Waals surface area contributed by atoms with E-state index < -0.39 is 4.92 Å². The number of benzene rings is 3. The van der Waals surface area contributed by atoms with Gasteiger partial charge >= 0.3 is 0 Å². The molecule has 4 aromatic rings. The minimum atomic E-state index is -0.428. The third kappa shape index (κ3) is 3.61. The molecule has 0 aliphatic carbocycles. The van der Waals surface area contributed by atoms with Crippen molar-refractivity contribution in [3.8, 4) is 22.5 Å². The fraction of sp³-hybridized carbons (Fsp3) is 0. The Morgan fingerprint density at radius 3 is 1.67 bits per heavy atom. The summed E-state index contributed by atoms with van der Waals surface area (Å²) in [6.45, 7) is 0. The van der Waals surface area contributed by atoms with Gasteiger partial charge in [0, 0.05) is 32.2 Å². The van der Waals surface area contributed by atoms with Gasteiger partial charge in [-0.05, 0) is 30.3 Å². The van der Waals surface area contributed by atoms with Gasteiger partial charge in [-0.3, -0.25) is 10.1 Å². The Kier molecular flexibility index (Phi) is 4.72. The number of nitro benzene ring substituents is 1. The van der Waals surface area contributed by atoms with E-state index >= 15 is 0 Å². The highest BCUT2D eigenvalue weighted by Crippen LogP contribution is 2.33. The highest BCUT2D eigenvalue weighted by atomic mass is 79.9. The second-order valence-corrected chi connectivity index (χ2v) is 7.70. The van der Waals surface area contributed by atoms with Gasteiger partial charge in [-0.15, -0.1) is 0 Å². The predicted molar refractivity (Wildman–Crippen MR) is 112 cm³/mol. The first kappa shape index (κ1) is 17.8. The Hall–Kier alpha value is -2.64. The Bertz CT molecular complexity index is 1160. The lowest BCUT2D eigenvalue weighted by Crippen LogP contribution is -1.96. The molecule has 7 heteroatoms. The molecule has 0 radical (unpaired) electrons. The van der Waals surface area contributed by atoms with E-state index in [0.717, 1.165) is 25.8 Å². The van der Waals surface area contributed by atoms with Gasteiger partial charge in [0.25, 0.3) is 5.69 Å². The van der Waals surface area contributed by atoms with Gasteiger partial charge < -0.3 is 0 Å². The molecular formula is C20H11Br2N3O2. The number of hydrogen-bond acceptors (Lipinski definition) is 4. The van der Waals surface area contributed by atoms with E-state index in [2.05, 4.69) is 31.9 Å². The summed E-state index contributed by atoms with van der Waals surface area (Å²) in [5.41, 5.74) is 4.31.